The van der Waals surface area contributed by atoms with Crippen molar-refractivity contribution in [2.75, 3.05) is 13.7 Å². The molecule has 0 radical (unpaired) electrons. The predicted molar refractivity (Wildman–Crippen MR) is 94.8 cm³/mol. The van der Waals surface area contributed by atoms with Gasteiger partial charge in [0.15, 0.2) is 5.69 Å². The molecule has 3 rings (SSSR count). The SMILES string of the molecule is COc1ccccc1C(=O)NCC(=O)N=Nc1c(O)[nH]c2ccccc12. The van der Waals surface area contributed by atoms with Gasteiger partial charge in [-0.25, -0.2) is 0 Å². The van der Waals surface area contributed by atoms with Crippen molar-refractivity contribution in [2.24, 2.45) is 10.2 Å². The zero-order valence-electron chi connectivity index (χ0n) is 13.9. The molecular formula is C18H16N4O4. The zero-order chi connectivity index (χ0) is 18.5. The van der Waals surface area contributed by atoms with Crippen LogP contribution in [0.3, 0.4) is 0 Å². The number of H-pyrrole nitrogens is 1. The van der Waals surface area contributed by atoms with Crippen LogP contribution in [0.4, 0.5) is 5.69 Å². The minimum Gasteiger partial charge on any atom is -0.496 e. The number of ether oxygens (including phenoxy) is 1. The molecule has 1 aromatic heterocycles. The van der Waals surface area contributed by atoms with E-state index in [1.165, 1.54) is 7.11 Å². The number of benzene rings is 2. The summed E-state index contributed by atoms with van der Waals surface area (Å²) in [5.74, 6) is -0.887. The molecule has 0 unspecified atom stereocenters. The van der Waals surface area contributed by atoms with E-state index < -0.39 is 11.8 Å². The molecule has 2 amide bonds. The Kier molecular flexibility index (Phi) is 4.93. The van der Waals surface area contributed by atoms with Crippen molar-refractivity contribution < 1.29 is 19.4 Å². The highest BCUT2D eigenvalue weighted by atomic mass is 16.5. The zero-order valence-corrected chi connectivity index (χ0v) is 13.9. The van der Waals surface area contributed by atoms with Crippen LogP contribution in [-0.4, -0.2) is 35.6 Å². The van der Waals surface area contributed by atoms with Gasteiger partial charge in [0.05, 0.1) is 18.2 Å². The highest BCUT2D eigenvalue weighted by Gasteiger charge is 2.13. The third-order valence-electron chi connectivity index (χ3n) is 3.67. The molecule has 0 bridgehead atoms. The van der Waals surface area contributed by atoms with Gasteiger partial charge >= 0.3 is 0 Å². The summed E-state index contributed by atoms with van der Waals surface area (Å²) in [6.07, 6.45) is 0. The Hall–Kier alpha value is -3.68. The van der Waals surface area contributed by atoms with Gasteiger partial charge in [-0.05, 0) is 18.2 Å². The minimum atomic E-state index is -0.655. The summed E-state index contributed by atoms with van der Waals surface area (Å²) >= 11 is 0. The number of rotatable bonds is 5. The third-order valence-corrected chi connectivity index (χ3v) is 3.67. The van der Waals surface area contributed by atoms with Gasteiger partial charge in [0, 0.05) is 5.39 Å². The maximum atomic E-state index is 12.1. The molecule has 0 aliphatic heterocycles. The van der Waals surface area contributed by atoms with E-state index in [9.17, 15) is 14.7 Å². The Morgan fingerprint density at radius 2 is 1.88 bits per heavy atom. The van der Waals surface area contributed by atoms with E-state index in [-0.39, 0.29) is 18.1 Å². The van der Waals surface area contributed by atoms with Crippen LogP contribution >= 0.6 is 0 Å². The molecule has 8 heteroatoms. The van der Waals surface area contributed by atoms with Gasteiger partial charge in [0.1, 0.15) is 12.3 Å². The molecule has 0 saturated carbocycles. The first-order valence-electron chi connectivity index (χ1n) is 7.75. The summed E-state index contributed by atoms with van der Waals surface area (Å²) in [5.41, 5.74) is 1.16. The Labute approximate surface area is 148 Å². The molecule has 0 spiro atoms. The summed E-state index contributed by atoms with van der Waals surface area (Å²) in [6, 6.07) is 13.8. The average molecular weight is 352 g/mol. The van der Waals surface area contributed by atoms with Gasteiger partial charge < -0.3 is 20.1 Å². The largest absolute Gasteiger partial charge is 0.496 e. The van der Waals surface area contributed by atoms with E-state index in [1.54, 1.807) is 48.5 Å². The number of carbonyl (C=O) groups excluding carboxylic acids is 2. The molecule has 0 saturated heterocycles. The molecule has 0 aliphatic rings. The van der Waals surface area contributed by atoms with Crippen LogP contribution in [0.15, 0.2) is 58.8 Å². The van der Waals surface area contributed by atoms with Crippen LogP contribution in [0, 0.1) is 0 Å². The normalized spacial score (nSPS) is 11.0. The molecule has 1 heterocycles. The molecule has 132 valence electrons. The lowest BCUT2D eigenvalue weighted by Crippen LogP contribution is -2.28. The van der Waals surface area contributed by atoms with Crippen LogP contribution < -0.4 is 10.1 Å². The first-order chi connectivity index (χ1) is 12.6. The van der Waals surface area contributed by atoms with Crippen molar-refractivity contribution >= 4 is 28.4 Å². The number of azo groups is 1. The van der Waals surface area contributed by atoms with Crippen molar-refractivity contribution in [3.8, 4) is 11.6 Å². The van der Waals surface area contributed by atoms with Crippen molar-refractivity contribution in [3.63, 3.8) is 0 Å². The van der Waals surface area contributed by atoms with E-state index in [1.807, 2.05) is 0 Å². The number of amides is 2. The highest BCUT2D eigenvalue weighted by molar-refractivity contribution is 5.99. The first-order valence-corrected chi connectivity index (χ1v) is 7.75. The number of methoxy groups -OCH3 is 1. The highest BCUT2D eigenvalue weighted by Crippen LogP contribution is 2.35. The number of nitrogens with one attached hydrogen (secondary N) is 2. The fourth-order valence-corrected chi connectivity index (χ4v) is 2.44. The first kappa shape index (κ1) is 17.2. The third kappa shape index (κ3) is 3.54. The van der Waals surface area contributed by atoms with E-state index in [2.05, 4.69) is 20.5 Å². The average Bonchev–Trinajstić information content (AvgIpc) is 2.99. The second-order valence-electron chi connectivity index (χ2n) is 5.34. The fraction of sp³-hybridized carbons (Fsp3) is 0.111. The molecule has 0 atom stereocenters. The molecule has 0 aliphatic carbocycles. The van der Waals surface area contributed by atoms with E-state index in [0.29, 0.717) is 22.2 Å². The maximum Gasteiger partial charge on any atom is 0.283 e. The molecule has 8 nitrogen and oxygen atoms in total. The Morgan fingerprint density at radius 3 is 2.69 bits per heavy atom. The van der Waals surface area contributed by atoms with Gasteiger partial charge in [-0.15, -0.1) is 10.2 Å². The van der Waals surface area contributed by atoms with E-state index in [0.717, 1.165) is 0 Å². The summed E-state index contributed by atoms with van der Waals surface area (Å²) in [5, 5.41) is 20.3. The van der Waals surface area contributed by atoms with Gasteiger partial charge in [-0.2, -0.15) is 0 Å². The van der Waals surface area contributed by atoms with Crippen molar-refractivity contribution in [1.82, 2.24) is 10.3 Å². The van der Waals surface area contributed by atoms with Gasteiger partial charge in [0.25, 0.3) is 11.8 Å². The van der Waals surface area contributed by atoms with Gasteiger partial charge in [0.2, 0.25) is 5.88 Å². The molecule has 3 N–H and O–H groups in total. The lowest BCUT2D eigenvalue weighted by molar-refractivity contribution is -0.117. The number of fused-ring (bicyclic) bond motifs is 1. The maximum absolute atomic E-state index is 12.1. The van der Waals surface area contributed by atoms with Gasteiger partial charge in [-0.1, -0.05) is 30.3 Å². The number of hydrogen-bond acceptors (Lipinski definition) is 5. The van der Waals surface area contributed by atoms with Crippen LogP contribution in [-0.2, 0) is 4.79 Å². The lowest BCUT2D eigenvalue weighted by Gasteiger charge is -2.07. The smallest absolute Gasteiger partial charge is 0.283 e. The monoisotopic (exact) mass is 352 g/mol. The Morgan fingerprint density at radius 1 is 1.15 bits per heavy atom. The standard InChI is InChI=1S/C18H16N4O4/c1-26-14-9-5-3-7-12(14)17(24)19-10-15(23)21-22-16-11-6-2-4-8-13(11)20-18(16)25/h2-9,20,25H,10H2,1H3,(H,19,24). The van der Waals surface area contributed by atoms with Crippen molar-refractivity contribution in [3.05, 3.63) is 54.1 Å². The number of aromatic amines is 1. The Bertz CT molecular complexity index is 994. The molecular weight excluding hydrogens is 336 g/mol. The summed E-state index contributed by atoms with van der Waals surface area (Å²) in [4.78, 5) is 26.7. The Balaban J connectivity index is 1.66. The number of hydrogen-bond donors (Lipinski definition) is 3. The van der Waals surface area contributed by atoms with Crippen LogP contribution in [0.25, 0.3) is 10.9 Å². The molecule has 3 aromatic rings. The van der Waals surface area contributed by atoms with Gasteiger partial charge in [-0.3, -0.25) is 9.59 Å². The van der Waals surface area contributed by atoms with Crippen LogP contribution in [0.2, 0.25) is 0 Å². The second kappa shape index (κ2) is 7.47. The minimum absolute atomic E-state index is 0.171. The van der Waals surface area contributed by atoms with Crippen LogP contribution in [0.5, 0.6) is 11.6 Å². The molecule has 2 aromatic carbocycles. The quantitative estimate of drug-likeness (QED) is 0.612. The lowest BCUT2D eigenvalue weighted by atomic mass is 10.2. The number of para-hydroxylation sites is 2. The summed E-state index contributed by atoms with van der Waals surface area (Å²) in [6.45, 7) is -0.330. The number of aromatic hydroxyl groups is 1. The second-order valence-corrected chi connectivity index (χ2v) is 5.34. The fourth-order valence-electron chi connectivity index (χ4n) is 2.44. The van der Waals surface area contributed by atoms with Crippen molar-refractivity contribution in [2.45, 2.75) is 0 Å². The predicted octanol–water partition coefficient (Wildman–Crippen LogP) is 2.92. The number of nitrogens with zero attached hydrogens (tertiary/aromatic N) is 2. The van der Waals surface area contributed by atoms with Crippen LogP contribution in [0.1, 0.15) is 10.4 Å². The number of aromatic nitrogens is 1. The summed E-state index contributed by atoms with van der Waals surface area (Å²) < 4.78 is 5.10. The molecule has 26 heavy (non-hydrogen) atoms. The molecule has 0 fully saturated rings. The van der Waals surface area contributed by atoms with E-state index >= 15 is 0 Å². The van der Waals surface area contributed by atoms with E-state index in [4.69, 9.17) is 4.74 Å². The van der Waals surface area contributed by atoms with Crippen molar-refractivity contribution in [1.29, 1.82) is 0 Å². The topological polar surface area (TPSA) is 116 Å². The number of carbonyl (C=O) groups is 2. The summed E-state index contributed by atoms with van der Waals surface area (Å²) in [7, 11) is 1.46.